The summed E-state index contributed by atoms with van der Waals surface area (Å²) in [6.45, 7) is 3.49. The molecule has 9 aromatic rings. The molecular weight excluding hydrogens is 889 g/mol. The van der Waals surface area contributed by atoms with Crippen LogP contribution in [0.4, 0.5) is 33.3 Å². The number of halogens is 6. The van der Waals surface area contributed by atoms with E-state index in [0.717, 1.165) is 15.8 Å². The standard InChI is InChI=1S/C29H22F3N3O.C22H15BrF2N2O/c1-18-33-27-16-15-25(34(2)24-13-11-23(32)12-14-24)17-26(27)29(36)35(18)28(19-3-7-21(30)8-4-19)20-5-9-22(31)10-6-20;1-13-26-20-11-6-16(23)12-19(20)22(28)27(13)21(14-2-7-17(24)8-3-14)15-4-9-18(25)10-5-15/h3-17,28H,1-2H3;2-12,21H,1H3. The van der Waals surface area contributed by atoms with Crippen molar-refractivity contribution >= 4 is 49.1 Å². The topological polar surface area (TPSA) is 73.0 Å². The molecule has 0 spiro atoms. The van der Waals surface area contributed by atoms with Crippen molar-refractivity contribution in [2.45, 2.75) is 25.9 Å². The van der Waals surface area contributed by atoms with E-state index in [4.69, 9.17) is 0 Å². The van der Waals surface area contributed by atoms with Crippen molar-refractivity contribution in [2.24, 2.45) is 0 Å². The lowest BCUT2D eigenvalue weighted by atomic mass is 9.97. The summed E-state index contributed by atoms with van der Waals surface area (Å²) in [5, 5.41) is 0.857. The molecule has 0 unspecified atom stereocenters. The molecule has 9 rings (SSSR count). The third kappa shape index (κ3) is 8.98. The van der Waals surface area contributed by atoms with Crippen LogP contribution in [-0.2, 0) is 0 Å². The van der Waals surface area contributed by atoms with Crippen molar-refractivity contribution in [1.82, 2.24) is 19.1 Å². The van der Waals surface area contributed by atoms with Gasteiger partial charge >= 0.3 is 0 Å². The maximum atomic E-state index is 13.9. The molecule has 0 aliphatic rings. The first-order valence-corrected chi connectivity index (χ1v) is 20.8. The Morgan fingerprint density at radius 3 is 1.14 bits per heavy atom. The second-order valence-electron chi connectivity index (χ2n) is 15.1. The first kappa shape index (κ1) is 43.4. The Morgan fingerprint density at radius 2 is 0.766 bits per heavy atom. The lowest BCUT2D eigenvalue weighted by Gasteiger charge is -2.24. The highest BCUT2D eigenvalue weighted by Crippen LogP contribution is 2.31. The summed E-state index contributed by atoms with van der Waals surface area (Å²) in [5.41, 5.74) is 4.83. The van der Waals surface area contributed by atoms with Crippen molar-refractivity contribution in [3.8, 4) is 0 Å². The van der Waals surface area contributed by atoms with E-state index in [0.29, 0.717) is 55.7 Å². The van der Waals surface area contributed by atoms with Gasteiger partial charge in [0.25, 0.3) is 11.1 Å². The fourth-order valence-corrected chi connectivity index (χ4v) is 8.13. The number of fused-ring (bicyclic) bond motifs is 2. The maximum absolute atomic E-state index is 13.9. The molecule has 0 saturated heterocycles. The number of hydrogen-bond donors (Lipinski definition) is 0. The smallest absolute Gasteiger partial charge is 0.262 e. The van der Waals surface area contributed by atoms with E-state index < -0.39 is 23.7 Å². The van der Waals surface area contributed by atoms with E-state index in [-0.39, 0.29) is 28.6 Å². The first-order valence-electron chi connectivity index (χ1n) is 20.0. The molecule has 13 heteroatoms. The zero-order chi connectivity index (χ0) is 45.2. The number of nitrogens with zero attached hydrogens (tertiary/aromatic N) is 5. The zero-order valence-electron chi connectivity index (χ0n) is 34.5. The molecule has 7 nitrogen and oxygen atoms in total. The van der Waals surface area contributed by atoms with Crippen molar-refractivity contribution in [1.29, 1.82) is 0 Å². The van der Waals surface area contributed by atoms with Crippen LogP contribution < -0.4 is 16.0 Å². The Morgan fingerprint density at radius 1 is 0.453 bits per heavy atom. The molecule has 0 fully saturated rings. The molecule has 0 atom stereocenters. The summed E-state index contributed by atoms with van der Waals surface area (Å²) in [5.74, 6) is -0.890. The van der Waals surface area contributed by atoms with Gasteiger partial charge in [0.2, 0.25) is 0 Å². The van der Waals surface area contributed by atoms with Crippen molar-refractivity contribution in [3.63, 3.8) is 0 Å². The number of aromatic nitrogens is 4. The molecule has 64 heavy (non-hydrogen) atoms. The number of benzene rings is 7. The largest absolute Gasteiger partial charge is 0.345 e. The first-order chi connectivity index (χ1) is 30.7. The van der Waals surface area contributed by atoms with E-state index in [9.17, 15) is 31.5 Å². The average Bonchev–Trinajstić information content (AvgIpc) is 3.29. The SMILES string of the molecule is Cc1nc2ccc(Br)cc2c(=O)n1C(c1ccc(F)cc1)c1ccc(F)cc1.Cc1nc2ccc(N(C)c3ccc(F)cc3)cc2c(=O)n1C(c1ccc(F)cc1)c1ccc(F)cc1. The van der Waals surface area contributed by atoms with Gasteiger partial charge in [-0.1, -0.05) is 64.5 Å². The van der Waals surface area contributed by atoms with E-state index >= 15 is 0 Å². The molecule has 0 aliphatic heterocycles. The minimum atomic E-state index is -0.644. The van der Waals surface area contributed by atoms with Crippen LogP contribution >= 0.6 is 15.9 Å². The summed E-state index contributed by atoms with van der Waals surface area (Å²) in [6, 6.07) is 39.2. The molecule has 7 aromatic carbocycles. The Hall–Kier alpha value is -7.25. The van der Waals surface area contributed by atoms with Crippen LogP contribution in [0.25, 0.3) is 21.8 Å². The summed E-state index contributed by atoms with van der Waals surface area (Å²) < 4.78 is 71.6. The highest BCUT2D eigenvalue weighted by Gasteiger charge is 2.24. The quantitative estimate of drug-likeness (QED) is 0.142. The molecule has 0 bridgehead atoms. The lowest BCUT2D eigenvalue weighted by molar-refractivity contribution is 0.601. The van der Waals surface area contributed by atoms with Gasteiger partial charge in [-0.3, -0.25) is 18.7 Å². The van der Waals surface area contributed by atoms with Gasteiger partial charge in [0.1, 0.15) is 40.7 Å². The molecule has 2 heterocycles. The van der Waals surface area contributed by atoms with E-state index in [1.165, 1.54) is 60.7 Å². The second kappa shape index (κ2) is 18.2. The van der Waals surface area contributed by atoms with Gasteiger partial charge in [-0.2, -0.15) is 0 Å². The van der Waals surface area contributed by atoms with Gasteiger partial charge in [-0.15, -0.1) is 0 Å². The fourth-order valence-electron chi connectivity index (χ4n) is 7.77. The van der Waals surface area contributed by atoms with Crippen LogP contribution in [0.1, 0.15) is 46.0 Å². The van der Waals surface area contributed by atoms with E-state index in [1.807, 2.05) is 24.1 Å². The zero-order valence-corrected chi connectivity index (χ0v) is 36.1. The minimum Gasteiger partial charge on any atom is -0.345 e. The highest BCUT2D eigenvalue weighted by molar-refractivity contribution is 9.10. The summed E-state index contributed by atoms with van der Waals surface area (Å²) in [6.07, 6.45) is 0. The maximum Gasteiger partial charge on any atom is 0.262 e. The van der Waals surface area contributed by atoms with Gasteiger partial charge in [0, 0.05) is 22.9 Å². The summed E-state index contributed by atoms with van der Waals surface area (Å²) >= 11 is 3.39. The van der Waals surface area contributed by atoms with E-state index in [1.54, 1.807) is 108 Å². The molecule has 0 saturated carbocycles. The number of anilines is 2. The number of rotatable bonds is 8. The van der Waals surface area contributed by atoms with Gasteiger partial charge < -0.3 is 4.90 Å². The Kier molecular flexibility index (Phi) is 12.4. The molecular formula is C51H37BrF5N5O2. The molecule has 320 valence electrons. The molecule has 0 amide bonds. The minimum absolute atomic E-state index is 0.220. The van der Waals surface area contributed by atoms with Crippen LogP contribution in [0, 0.1) is 42.9 Å². The van der Waals surface area contributed by atoms with Gasteiger partial charge in [-0.05, 0) is 145 Å². The predicted octanol–water partition coefficient (Wildman–Crippen LogP) is 11.9. The number of aryl methyl sites for hydroxylation is 2. The van der Waals surface area contributed by atoms with Crippen molar-refractivity contribution in [3.05, 3.63) is 246 Å². The number of hydrogen-bond acceptors (Lipinski definition) is 5. The third-order valence-electron chi connectivity index (χ3n) is 11.0. The van der Waals surface area contributed by atoms with E-state index in [2.05, 4.69) is 25.9 Å². The molecule has 0 N–H and O–H groups in total. The van der Waals surface area contributed by atoms with Gasteiger partial charge in [0.05, 0.1) is 33.9 Å². The normalized spacial score (nSPS) is 11.3. The second-order valence-corrected chi connectivity index (χ2v) is 16.0. The lowest BCUT2D eigenvalue weighted by Crippen LogP contribution is -2.29. The summed E-state index contributed by atoms with van der Waals surface area (Å²) in [7, 11) is 1.83. The van der Waals surface area contributed by atoms with Crippen LogP contribution in [0.5, 0.6) is 0 Å². The van der Waals surface area contributed by atoms with Gasteiger partial charge in [0.15, 0.2) is 0 Å². The predicted molar refractivity (Wildman–Crippen MR) is 244 cm³/mol. The van der Waals surface area contributed by atoms with Crippen LogP contribution in [0.2, 0.25) is 0 Å². The third-order valence-corrected chi connectivity index (χ3v) is 11.5. The molecule has 0 radical (unpaired) electrons. The Labute approximate surface area is 372 Å². The van der Waals surface area contributed by atoms with Gasteiger partial charge in [-0.25, -0.2) is 31.9 Å². The van der Waals surface area contributed by atoms with Crippen LogP contribution in [-0.4, -0.2) is 26.1 Å². The molecule has 2 aromatic heterocycles. The summed E-state index contributed by atoms with van der Waals surface area (Å²) in [4.78, 5) is 38.4. The Bertz CT molecular complexity index is 3160. The monoisotopic (exact) mass is 925 g/mol. The highest BCUT2D eigenvalue weighted by atomic mass is 79.9. The van der Waals surface area contributed by atoms with Crippen molar-refractivity contribution in [2.75, 3.05) is 11.9 Å². The Balaban J connectivity index is 0.000000181. The fraction of sp³-hybridized carbons (Fsp3) is 0.0980. The van der Waals surface area contributed by atoms with Crippen LogP contribution in [0.3, 0.4) is 0 Å². The molecule has 0 aliphatic carbocycles. The van der Waals surface area contributed by atoms with Crippen molar-refractivity contribution < 1.29 is 22.0 Å². The van der Waals surface area contributed by atoms with Crippen LogP contribution in [0.15, 0.2) is 172 Å². The average molecular weight is 927 g/mol.